The summed E-state index contributed by atoms with van der Waals surface area (Å²) in [5, 5.41) is 6.44. The summed E-state index contributed by atoms with van der Waals surface area (Å²) >= 11 is 0. The van der Waals surface area contributed by atoms with Crippen molar-refractivity contribution in [3.05, 3.63) is 12.3 Å². The van der Waals surface area contributed by atoms with Crippen LogP contribution >= 0.6 is 0 Å². The number of rotatable bonds is 4. The van der Waals surface area contributed by atoms with Crippen LogP contribution in [0.2, 0.25) is 0 Å². The molecule has 1 aromatic heterocycles. The molecule has 5 nitrogen and oxygen atoms in total. The van der Waals surface area contributed by atoms with Gasteiger partial charge in [-0.3, -0.25) is 4.79 Å². The number of quaternary nitrogens is 1. The molecule has 1 fully saturated rings. The summed E-state index contributed by atoms with van der Waals surface area (Å²) in [5.74, 6) is 0.510. The number of likely N-dealkylation sites (tertiary alicyclic amines) is 1. The molecule has 2 heterocycles. The molecule has 0 spiro atoms. The maximum Gasteiger partial charge on any atom is 0.280 e. The van der Waals surface area contributed by atoms with Crippen LogP contribution in [-0.4, -0.2) is 41.7 Å². The second-order valence-corrected chi connectivity index (χ2v) is 5.00. The number of nitrogens with one attached hydrogen (secondary N) is 1. The molecule has 1 aromatic rings. The fraction of sp³-hybridized carbons (Fsp3) is 0.667. The van der Waals surface area contributed by atoms with E-state index in [2.05, 4.69) is 29.0 Å². The first-order valence-corrected chi connectivity index (χ1v) is 6.18. The van der Waals surface area contributed by atoms with E-state index >= 15 is 0 Å². The summed E-state index contributed by atoms with van der Waals surface area (Å²) < 4.78 is 5.53. The quantitative estimate of drug-likeness (QED) is 0.811. The molecular formula is C12H20N3O2+. The Kier molecular flexibility index (Phi) is 3.47. The third-order valence-corrected chi connectivity index (χ3v) is 3.77. The van der Waals surface area contributed by atoms with E-state index in [1.807, 2.05) is 0 Å². The zero-order chi connectivity index (χ0) is 12.3. The maximum atomic E-state index is 11.9. The standard InChI is InChI=1S/C12H19N3O2/c1-3-10-5-4-7-15(10,2)9-12(16)13-11-6-8-17-14-11/h6,8,10H,3-5,7,9H2,1-2H3/p+1/t10-,15?/m0/s1. The van der Waals surface area contributed by atoms with E-state index in [1.54, 1.807) is 6.07 Å². The average molecular weight is 238 g/mol. The lowest BCUT2D eigenvalue weighted by Gasteiger charge is -2.34. The molecule has 5 heteroatoms. The fourth-order valence-electron chi connectivity index (χ4n) is 2.82. The van der Waals surface area contributed by atoms with Crippen molar-refractivity contribution in [3.63, 3.8) is 0 Å². The van der Waals surface area contributed by atoms with E-state index in [0.717, 1.165) is 17.4 Å². The molecule has 1 aliphatic heterocycles. The first kappa shape index (κ1) is 12.1. The minimum Gasteiger partial charge on any atom is -0.363 e. The molecule has 2 rings (SSSR count). The van der Waals surface area contributed by atoms with E-state index in [9.17, 15) is 4.79 Å². The van der Waals surface area contributed by atoms with E-state index in [4.69, 9.17) is 0 Å². The van der Waals surface area contributed by atoms with Gasteiger partial charge in [-0.15, -0.1) is 0 Å². The molecular weight excluding hydrogens is 218 g/mol. The Hall–Kier alpha value is -1.36. The predicted octanol–water partition coefficient (Wildman–Crippen LogP) is 1.63. The van der Waals surface area contributed by atoms with Crippen molar-refractivity contribution in [2.24, 2.45) is 0 Å². The molecule has 0 radical (unpaired) electrons. The van der Waals surface area contributed by atoms with Crippen molar-refractivity contribution in [2.45, 2.75) is 32.2 Å². The predicted molar refractivity (Wildman–Crippen MR) is 64.4 cm³/mol. The van der Waals surface area contributed by atoms with Crippen molar-refractivity contribution in [1.29, 1.82) is 0 Å². The van der Waals surface area contributed by atoms with Gasteiger partial charge in [0.1, 0.15) is 6.26 Å². The monoisotopic (exact) mass is 238 g/mol. The minimum atomic E-state index is 0.0155. The first-order chi connectivity index (χ1) is 8.14. The van der Waals surface area contributed by atoms with Crippen molar-refractivity contribution in [1.82, 2.24) is 5.16 Å². The highest BCUT2D eigenvalue weighted by atomic mass is 16.5. The molecule has 0 saturated carbocycles. The van der Waals surface area contributed by atoms with Gasteiger partial charge in [-0.05, 0) is 6.42 Å². The van der Waals surface area contributed by atoms with Crippen LogP contribution in [0.5, 0.6) is 0 Å². The van der Waals surface area contributed by atoms with Gasteiger partial charge < -0.3 is 14.3 Å². The molecule has 0 aliphatic carbocycles. The molecule has 1 unspecified atom stereocenters. The second kappa shape index (κ2) is 4.87. The Morgan fingerprint density at radius 3 is 3.18 bits per heavy atom. The molecule has 1 aliphatic rings. The number of hydrogen-bond donors (Lipinski definition) is 1. The van der Waals surface area contributed by atoms with Crippen LogP contribution in [0, 0.1) is 0 Å². The van der Waals surface area contributed by atoms with Gasteiger partial charge in [-0.2, -0.15) is 0 Å². The van der Waals surface area contributed by atoms with Crippen LogP contribution in [0.25, 0.3) is 0 Å². The number of likely N-dealkylation sites (N-methyl/N-ethyl adjacent to an activating group) is 1. The lowest BCUT2D eigenvalue weighted by atomic mass is 10.1. The fourth-order valence-corrected chi connectivity index (χ4v) is 2.82. The molecule has 1 N–H and O–H groups in total. The summed E-state index contributed by atoms with van der Waals surface area (Å²) in [5.41, 5.74) is 0. The zero-order valence-electron chi connectivity index (χ0n) is 10.5. The van der Waals surface area contributed by atoms with Crippen LogP contribution in [0.1, 0.15) is 26.2 Å². The van der Waals surface area contributed by atoms with Crippen LogP contribution in [0.3, 0.4) is 0 Å². The zero-order valence-corrected chi connectivity index (χ0v) is 10.5. The normalized spacial score (nSPS) is 28.2. The van der Waals surface area contributed by atoms with Gasteiger partial charge in [0.25, 0.3) is 5.91 Å². The van der Waals surface area contributed by atoms with E-state index in [-0.39, 0.29) is 5.91 Å². The number of anilines is 1. The van der Waals surface area contributed by atoms with E-state index in [0.29, 0.717) is 18.4 Å². The van der Waals surface area contributed by atoms with Gasteiger partial charge in [0.15, 0.2) is 12.4 Å². The highest BCUT2D eigenvalue weighted by Crippen LogP contribution is 2.26. The summed E-state index contributed by atoms with van der Waals surface area (Å²) in [6.07, 6.45) is 5.03. The van der Waals surface area contributed by atoms with E-state index < -0.39 is 0 Å². The molecule has 0 aromatic carbocycles. The Bertz CT molecular complexity index is 377. The smallest absolute Gasteiger partial charge is 0.280 e. The molecule has 1 saturated heterocycles. The van der Waals surface area contributed by atoms with Crippen molar-refractivity contribution >= 4 is 11.7 Å². The van der Waals surface area contributed by atoms with Gasteiger partial charge in [0, 0.05) is 18.9 Å². The lowest BCUT2D eigenvalue weighted by Crippen LogP contribution is -2.52. The summed E-state index contributed by atoms with van der Waals surface area (Å²) in [6.45, 7) is 3.80. The highest BCUT2D eigenvalue weighted by Gasteiger charge is 2.38. The number of carbonyl (C=O) groups is 1. The highest BCUT2D eigenvalue weighted by molar-refractivity contribution is 5.90. The summed E-state index contributed by atoms with van der Waals surface area (Å²) in [4.78, 5) is 11.9. The van der Waals surface area contributed by atoms with Gasteiger partial charge in [-0.25, -0.2) is 0 Å². The number of aromatic nitrogens is 1. The molecule has 17 heavy (non-hydrogen) atoms. The van der Waals surface area contributed by atoms with Gasteiger partial charge >= 0.3 is 0 Å². The van der Waals surface area contributed by atoms with Crippen LogP contribution in [0.15, 0.2) is 16.9 Å². The van der Waals surface area contributed by atoms with Crippen molar-refractivity contribution in [2.75, 3.05) is 25.5 Å². The van der Waals surface area contributed by atoms with Crippen LogP contribution < -0.4 is 5.32 Å². The number of hydrogen-bond acceptors (Lipinski definition) is 3. The minimum absolute atomic E-state index is 0.0155. The molecule has 0 bridgehead atoms. The number of nitrogens with zero attached hydrogens (tertiary/aromatic N) is 2. The topological polar surface area (TPSA) is 55.1 Å². The third kappa shape index (κ3) is 2.66. The molecule has 2 atom stereocenters. The lowest BCUT2D eigenvalue weighted by molar-refractivity contribution is -0.913. The first-order valence-electron chi connectivity index (χ1n) is 6.18. The van der Waals surface area contributed by atoms with Gasteiger partial charge in [0.05, 0.1) is 19.6 Å². The largest absolute Gasteiger partial charge is 0.363 e. The second-order valence-electron chi connectivity index (χ2n) is 5.00. The average Bonchev–Trinajstić information content (AvgIpc) is 2.87. The summed E-state index contributed by atoms with van der Waals surface area (Å²) in [7, 11) is 2.17. The SMILES string of the molecule is CC[C@H]1CCC[N+]1(C)CC(=O)Nc1ccon1. The number of amides is 1. The Balaban J connectivity index is 1.93. The van der Waals surface area contributed by atoms with Gasteiger partial charge in [-0.1, -0.05) is 12.1 Å². The molecule has 1 amide bonds. The number of carbonyl (C=O) groups excluding carboxylic acids is 1. The van der Waals surface area contributed by atoms with Crippen molar-refractivity contribution in [3.8, 4) is 0 Å². The van der Waals surface area contributed by atoms with Crippen LogP contribution in [-0.2, 0) is 4.79 Å². The third-order valence-electron chi connectivity index (χ3n) is 3.77. The maximum absolute atomic E-state index is 11.9. The van der Waals surface area contributed by atoms with Crippen molar-refractivity contribution < 1.29 is 13.8 Å². The molecule has 94 valence electrons. The summed E-state index contributed by atoms with van der Waals surface area (Å²) in [6, 6.07) is 2.26. The van der Waals surface area contributed by atoms with E-state index in [1.165, 1.54) is 19.1 Å². The Morgan fingerprint density at radius 2 is 2.53 bits per heavy atom. The van der Waals surface area contributed by atoms with Crippen LogP contribution in [0.4, 0.5) is 5.82 Å². The Morgan fingerprint density at radius 1 is 1.71 bits per heavy atom. The van der Waals surface area contributed by atoms with Gasteiger partial charge in [0.2, 0.25) is 0 Å². The Labute approximate surface area is 101 Å².